The van der Waals surface area contributed by atoms with Gasteiger partial charge in [0.1, 0.15) is 11.6 Å². The lowest BCUT2D eigenvalue weighted by molar-refractivity contribution is -0.117. The van der Waals surface area contributed by atoms with E-state index >= 15 is 0 Å². The van der Waals surface area contributed by atoms with Crippen molar-refractivity contribution in [2.24, 2.45) is 0 Å². The Kier molecular flexibility index (Phi) is 4.81. The minimum Gasteiger partial charge on any atom is -0.326 e. The van der Waals surface area contributed by atoms with E-state index in [-0.39, 0.29) is 5.56 Å². The van der Waals surface area contributed by atoms with Gasteiger partial charge in [-0.2, -0.15) is 5.10 Å². The summed E-state index contributed by atoms with van der Waals surface area (Å²) in [4.78, 5) is 12.3. The number of rotatable bonds is 4. The van der Waals surface area contributed by atoms with E-state index in [1.165, 1.54) is 19.2 Å². The molecule has 0 aliphatic carbocycles. The van der Waals surface area contributed by atoms with E-state index in [1.54, 1.807) is 35.1 Å². The van der Waals surface area contributed by atoms with Gasteiger partial charge in [0.15, 0.2) is 0 Å². The summed E-state index contributed by atoms with van der Waals surface area (Å²) in [6, 6.07) is 10.4. The molecule has 7 heteroatoms. The number of benzene rings is 2. The molecule has 0 bridgehead atoms. The Balaban J connectivity index is 1.74. The van der Waals surface area contributed by atoms with Crippen LogP contribution in [-0.4, -0.2) is 15.7 Å². The number of carbonyl (C=O) groups excluding carboxylic acids is 1. The Bertz CT molecular complexity index is 889. The molecule has 0 radical (unpaired) electrons. The maximum atomic E-state index is 13.8. The molecule has 3 rings (SSSR count). The van der Waals surface area contributed by atoms with Crippen LogP contribution >= 0.6 is 11.6 Å². The molecule has 1 atom stereocenters. The third-order valence-electron chi connectivity index (χ3n) is 3.78. The van der Waals surface area contributed by atoms with Crippen LogP contribution in [0.4, 0.5) is 14.5 Å². The van der Waals surface area contributed by atoms with Crippen molar-refractivity contribution in [3.05, 3.63) is 77.1 Å². The molecule has 0 fully saturated rings. The second kappa shape index (κ2) is 7.03. The van der Waals surface area contributed by atoms with Crippen LogP contribution in [0.25, 0.3) is 5.69 Å². The maximum absolute atomic E-state index is 13.8. The van der Waals surface area contributed by atoms with Gasteiger partial charge in [0.2, 0.25) is 5.91 Å². The summed E-state index contributed by atoms with van der Waals surface area (Å²) in [6.07, 6.45) is 3.17. The number of nitrogens with one attached hydrogen (secondary N) is 1. The van der Waals surface area contributed by atoms with E-state index in [2.05, 4.69) is 10.4 Å². The fraction of sp³-hybridized carbons (Fsp3) is 0.111. The molecule has 1 N–H and O–H groups in total. The molecule has 1 unspecified atom stereocenters. The lowest BCUT2D eigenvalue weighted by Gasteiger charge is -2.14. The predicted molar refractivity (Wildman–Crippen MR) is 92.0 cm³/mol. The smallest absolute Gasteiger partial charge is 0.231 e. The monoisotopic (exact) mass is 361 g/mol. The van der Waals surface area contributed by atoms with Crippen molar-refractivity contribution < 1.29 is 13.6 Å². The topological polar surface area (TPSA) is 46.9 Å². The number of halogens is 3. The summed E-state index contributed by atoms with van der Waals surface area (Å²) in [6.45, 7) is 1.46. The molecule has 1 aromatic heterocycles. The zero-order valence-electron chi connectivity index (χ0n) is 13.2. The quantitative estimate of drug-likeness (QED) is 0.741. The van der Waals surface area contributed by atoms with E-state index in [9.17, 15) is 13.6 Å². The maximum Gasteiger partial charge on any atom is 0.231 e. The van der Waals surface area contributed by atoms with Gasteiger partial charge in [-0.25, -0.2) is 13.5 Å². The highest BCUT2D eigenvalue weighted by molar-refractivity contribution is 6.30. The van der Waals surface area contributed by atoms with E-state index in [0.29, 0.717) is 10.7 Å². The second-order valence-electron chi connectivity index (χ2n) is 5.50. The van der Waals surface area contributed by atoms with Gasteiger partial charge in [0.05, 0.1) is 22.8 Å². The zero-order chi connectivity index (χ0) is 18.0. The highest BCUT2D eigenvalue weighted by Gasteiger charge is 2.22. The average molecular weight is 362 g/mol. The van der Waals surface area contributed by atoms with E-state index < -0.39 is 23.5 Å². The number of amides is 1. The van der Waals surface area contributed by atoms with Crippen LogP contribution in [0.3, 0.4) is 0 Å². The van der Waals surface area contributed by atoms with Gasteiger partial charge in [-0.1, -0.05) is 17.7 Å². The SMILES string of the molecule is CC(C(=O)Nc1ccc(-n2cc(Cl)cn2)cc1)c1c(F)cccc1F. The van der Waals surface area contributed by atoms with Gasteiger partial charge in [0, 0.05) is 17.4 Å². The number of hydrogen-bond acceptors (Lipinski definition) is 2. The summed E-state index contributed by atoms with van der Waals surface area (Å²) in [5.74, 6) is -2.95. The Morgan fingerprint density at radius 3 is 2.36 bits per heavy atom. The van der Waals surface area contributed by atoms with E-state index in [0.717, 1.165) is 17.8 Å². The second-order valence-corrected chi connectivity index (χ2v) is 5.93. The minimum atomic E-state index is -0.967. The Hall–Kier alpha value is -2.73. The van der Waals surface area contributed by atoms with Gasteiger partial charge < -0.3 is 5.32 Å². The van der Waals surface area contributed by atoms with Gasteiger partial charge in [0.25, 0.3) is 0 Å². The van der Waals surface area contributed by atoms with Crippen molar-refractivity contribution >= 4 is 23.2 Å². The summed E-state index contributed by atoms with van der Waals surface area (Å²) in [5, 5.41) is 7.24. The van der Waals surface area contributed by atoms with Crippen molar-refractivity contribution in [3.8, 4) is 5.69 Å². The first-order chi connectivity index (χ1) is 12.0. The summed E-state index contributed by atoms with van der Waals surface area (Å²) in [7, 11) is 0. The summed E-state index contributed by atoms with van der Waals surface area (Å²) in [5.41, 5.74) is 1.02. The predicted octanol–water partition coefficient (Wildman–Crippen LogP) is 4.55. The first-order valence-corrected chi connectivity index (χ1v) is 7.89. The van der Waals surface area contributed by atoms with Crippen molar-refractivity contribution in [3.63, 3.8) is 0 Å². The molecule has 1 heterocycles. The lowest BCUT2D eigenvalue weighted by atomic mass is 9.99. The van der Waals surface area contributed by atoms with Crippen LogP contribution in [0.1, 0.15) is 18.4 Å². The van der Waals surface area contributed by atoms with Crippen LogP contribution < -0.4 is 5.32 Å². The largest absolute Gasteiger partial charge is 0.326 e. The molecule has 0 spiro atoms. The standard InChI is InChI=1S/C18H14ClF2N3O/c1-11(17-15(20)3-2-4-16(17)21)18(25)23-13-5-7-14(8-6-13)24-10-12(19)9-22-24/h2-11H,1H3,(H,23,25). The number of anilines is 1. The highest BCUT2D eigenvalue weighted by atomic mass is 35.5. The Morgan fingerprint density at radius 1 is 1.16 bits per heavy atom. The van der Waals surface area contributed by atoms with Crippen LogP contribution in [0, 0.1) is 11.6 Å². The van der Waals surface area contributed by atoms with Crippen molar-refractivity contribution in [1.29, 1.82) is 0 Å². The number of aromatic nitrogens is 2. The van der Waals surface area contributed by atoms with Crippen molar-refractivity contribution in [2.45, 2.75) is 12.8 Å². The molecule has 0 aliphatic heterocycles. The Morgan fingerprint density at radius 2 is 1.80 bits per heavy atom. The zero-order valence-corrected chi connectivity index (χ0v) is 14.0. The molecular formula is C18H14ClF2N3O. The van der Waals surface area contributed by atoms with E-state index in [4.69, 9.17) is 11.6 Å². The van der Waals surface area contributed by atoms with Gasteiger partial charge in [-0.3, -0.25) is 4.79 Å². The third kappa shape index (κ3) is 3.69. The van der Waals surface area contributed by atoms with Gasteiger partial charge in [-0.15, -0.1) is 0 Å². The molecule has 0 saturated heterocycles. The molecular weight excluding hydrogens is 348 g/mol. The van der Waals surface area contributed by atoms with E-state index in [1.807, 2.05) is 0 Å². The molecule has 0 aliphatic rings. The number of nitrogens with zero attached hydrogens (tertiary/aromatic N) is 2. The first kappa shape index (κ1) is 17.1. The fourth-order valence-corrected chi connectivity index (χ4v) is 2.58. The molecule has 128 valence electrons. The van der Waals surface area contributed by atoms with Gasteiger partial charge >= 0.3 is 0 Å². The summed E-state index contributed by atoms with van der Waals surface area (Å²) >= 11 is 5.83. The van der Waals surface area contributed by atoms with Crippen LogP contribution in [0.15, 0.2) is 54.9 Å². The third-order valence-corrected chi connectivity index (χ3v) is 3.97. The number of hydrogen-bond donors (Lipinski definition) is 1. The molecule has 3 aromatic rings. The van der Waals surface area contributed by atoms with Crippen molar-refractivity contribution in [1.82, 2.24) is 9.78 Å². The van der Waals surface area contributed by atoms with Crippen LogP contribution in [0.5, 0.6) is 0 Å². The molecule has 2 aromatic carbocycles. The lowest BCUT2D eigenvalue weighted by Crippen LogP contribution is -2.20. The van der Waals surface area contributed by atoms with Crippen LogP contribution in [0.2, 0.25) is 5.02 Å². The van der Waals surface area contributed by atoms with Crippen LogP contribution in [-0.2, 0) is 4.79 Å². The molecule has 25 heavy (non-hydrogen) atoms. The Labute approximate surface area is 148 Å². The first-order valence-electron chi connectivity index (χ1n) is 7.51. The molecule has 4 nitrogen and oxygen atoms in total. The highest BCUT2D eigenvalue weighted by Crippen LogP contribution is 2.24. The average Bonchev–Trinajstić information content (AvgIpc) is 3.01. The minimum absolute atomic E-state index is 0.247. The van der Waals surface area contributed by atoms with Gasteiger partial charge in [-0.05, 0) is 43.3 Å². The molecule has 1 amide bonds. The van der Waals surface area contributed by atoms with Crippen molar-refractivity contribution in [2.75, 3.05) is 5.32 Å². The number of carbonyl (C=O) groups is 1. The fourth-order valence-electron chi connectivity index (χ4n) is 2.45. The normalized spacial score (nSPS) is 12.0. The molecule has 0 saturated carbocycles. The summed E-state index contributed by atoms with van der Waals surface area (Å²) < 4.78 is 29.2.